The first-order valence-electron chi connectivity index (χ1n) is 6.47. The van der Waals surface area contributed by atoms with Crippen molar-refractivity contribution in [2.45, 2.75) is 6.04 Å². The SMILES string of the molecule is O=C(CNC(=O)c1ccco1)NC(CO)c1ccccc1. The number of rotatable bonds is 6. The number of benzene rings is 1. The number of carbonyl (C=O) groups is 2. The third-order valence-electron chi connectivity index (χ3n) is 2.87. The zero-order valence-electron chi connectivity index (χ0n) is 11.3. The largest absolute Gasteiger partial charge is 0.459 e. The van der Waals surface area contributed by atoms with Crippen molar-refractivity contribution in [2.75, 3.05) is 13.2 Å². The maximum atomic E-state index is 11.8. The molecule has 6 nitrogen and oxygen atoms in total. The Balaban J connectivity index is 1.85. The molecular weight excluding hydrogens is 272 g/mol. The Kier molecular flexibility index (Phi) is 5.11. The van der Waals surface area contributed by atoms with Crippen LogP contribution in [0.25, 0.3) is 0 Å². The molecule has 0 spiro atoms. The molecule has 1 aromatic carbocycles. The molecule has 0 aliphatic heterocycles. The average Bonchev–Trinajstić information content (AvgIpc) is 3.05. The lowest BCUT2D eigenvalue weighted by atomic mass is 10.1. The zero-order chi connectivity index (χ0) is 15.1. The van der Waals surface area contributed by atoms with Crippen LogP contribution in [0, 0.1) is 0 Å². The number of hydrogen-bond donors (Lipinski definition) is 3. The van der Waals surface area contributed by atoms with E-state index in [2.05, 4.69) is 10.6 Å². The lowest BCUT2D eigenvalue weighted by Gasteiger charge is -2.16. The van der Waals surface area contributed by atoms with Gasteiger partial charge < -0.3 is 20.2 Å². The predicted molar refractivity (Wildman–Crippen MR) is 75.5 cm³/mol. The van der Waals surface area contributed by atoms with Crippen LogP contribution in [0.4, 0.5) is 0 Å². The van der Waals surface area contributed by atoms with Crippen LogP contribution in [-0.2, 0) is 4.79 Å². The van der Waals surface area contributed by atoms with Crippen LogP contribution in [0.5, 0.6) is 0 Å². The Morgan fingerprint density at radius 2 is 1.90 bits per heavy atom. The van der Waals surface area contributed by atoms with Gasteiger partial charge in [0.05, 0.1) is 25.5 Å². The molecule has 0 aliphatic rings. The molecule has 1 atom stereocenters. The van der Waals surface area contributed by atoms with E-state index in [-0.39, 0.29) is 18.9 Å². The van der Waals surface area contributed by atoms with Crippen LogP contribution in [0.15, 0.2) is 53.1 Å². The van der Waals surface area contributed by atoms with Gasteiger partial charge in [-0.3, -0.25) is 9.59 Å². The van der Waals surface area contributed by atoms with E-state index >= 15 is 0 Å². The van der Waals surface area contributed by atoms with Crippen LogP contribution in [0.2, 0.25) is 0 Å². The highest BCUT2D eigenvalue weighted by Crippen LogP contribution is 2.11. The van der Waals surface area contributed by atoms with E-state index in [1.807, 2.05) is 30.3 Å². The summed E-state index contributed by atoms with van der Waals surface area (Å²) in [5, 5.41) is 14.4. The molecule has 1 unspecified atom stereocenters. The quantitative estimate of drug-likeness (QED) is 0.735. The molecule has 1 heterocycles. The maximum absolute atomic E-state index is 11.8. The molecule has 2 aromatic rings. The fourth-order valence-electron chi connectivity index (χ4n) is 1.82. The number of aliphatic hydroxyl groups is 1. The molecule has 0 bridgehead atoms. The first-order valence-corrected chi connectivity index (χ1v) is 6.47. The van der Waals surface area contributed by atoms with Crippen molar-refractivity contribution in [3.8, 4) is 0 Å². The van der Waals surface area contributed by atoms with Crippen molar-refractivity contribution in [3.63, 3.8) is 0 Å². The van der Waals surface area contributed by atoms with E-state index < -0.39 is 17.9 Å². The number of nitrogens with one attached hydrogen (secondary N) is 2. The smallest absolute Gasteiger partial charge is 0.287 e. The second-order valence-corrected chi connectivity index (χ2v) is 4.37. The fraction of sp³-hybridized carbons (Fsp3) is 0.200. The molecule has 3 N–H and O–H groups in total. The third kappa shape index (κ3) is 4.19. The molecule has 2 amide bonds. The topological polar surface area (TPSA) is 91.6 Å². The first-order chi connectivity index (χ1) is 10.2. The summed E-state index contributed by atoms with van der Waals surface area (Å²) in [7, 11) is 0. The molecular formula is C15H16N2O4. The monoisotopic (exact) mass is 288 g/mol. The number of hydrogen-bond acceptors (Lipinski definition) is 4. The summed E-state index contributed by atoms with van der Waals surface area (Å²) in [4.78, 5) is 23.4. The van der Waals surface area contributed by atoms with Gasteiger partial charge in [-0.2, -0.15) is 0 Å². The standard InChI is InChI=1S/C15H16N2O4/c18-10-12(11-5-2-1-3-6-11)17-14(19)9-16-15(20)13-7-4-8-21-13/h1-8,12,18H,9-10H2,(H,16,20)(H,17,19). The van der Waals surface area contributed by atoms with E-state index in [0.717, 1.165) is 5.56 Å². The van der Waals surface area contributed by atoms with Crippen LogP contribution in [0.1, 0.15) is 22.2 Å². The Bertz CT molecular complexity index is 581. The highest BCUT2D eigenvalue weighted by molar-refractivity contribution is 5.94. The van der Waals surface area contributed by atoms with Gasteiger partial charge in [0.15, 0.2) is 5.76 Å². The van der Waals surface area contributed by atoms with Crippen molar-refractivity contribution in [2.24, 2.45) is 0 Å². The summed E-state index contributed by atoms with van der Waals surface area (Å²) < 4.78 is 4.92. The van der Waals surface area contributed by atoms with Gasteiger partial charge >= 0.3 is 0 Å². The van der Waals surface area contributed by atoms with Crippen molar-refractivity contribution in [1.29, 1.82) is 0 Å². The van der Waals surface area contributed by atoms with E-state index in [9.17, 15) is 14.7 Å². The summed E-state index contributed by atoms with van der Waals surface area (Å²) >= 11 is 0. The lowest BCUT2D eigenvalue weighted by molar-refractivity contribution is -0.121. The molecule has 110 valence electrons. The van der Waals surface area contributed by atoms with Crippen molar-refractivity contribution in [1.82, 2.24) is 10.6 Å². The summed E-state index contributed by atoms with van der Waals surface area (Å²) in [6.07, 6.45) is 1.38. The molecule has 2 rings (SSSR count). The van der Waals surface area contributed by atoms with Crippen LogP contribution in [0.3, 0.4) is 0 Å². The van der Waals surface area contributed by atoms with Crippen molar-refractivity contribution < 1.29 is 19.1 Å². The fourth-order valence-corrected chi connectivity index (χ4v) is 1.82. The Morgan fingerprint density at radius 1 is 1.14 bits per heavy atom. The number of furan rings is 1. The van der Waals surface area contributed by atoms with Gasteiger partial charge in [-0.25, -0.2) is 0 Å². The molecule has 21 heavy (non-hydrogen) atoms. The molecule has 0 aliphatic carbocycles. The number of aliphatic hydroxyl groups excluding tert-OH is 1. The minimum atomic E-state index is -0.501. The highest BCUT2D eigenvalue weighted by atomic mass is 16.3. The lowest BCUT2D eigenvalue weighted by Crippen LogP contribution is -2.39. The third-order valence-corrected chi connectivity index (χ3v) is 2.87. The Labute approximate surface area is 121 Å². The summed E-state index contributed by atoms with van der Waals surface area (Å²) in [5.41, 5.74) is 0.797. The van der Waals surface area contributed by atoms with E-state index in [1.165, 1.54) is 12.3 Å². The van der Waals surface area contributed by atoms with Gasteiger partial charge in [0.25, 0.3) is 5.91 Å². The predicted octanol–water partition coefficient (Wildman–Crippen LogP) is 0.859. The molecule has 1 aromatic heterocycles. The molecule has 0 saturated heterocycles. The number of carbonyl (C=O) groups excluding carboxylic acids is 2. The summed E-state index contributed by atoms with van der Waals surface area (Å²) in [5.74, 6) is -0.710. The van der Waals surface area contributed by atoms with E-state index in [4.69, 9.17) is 4.42 Å². The summed E-state index contributed by atoms with van der Waals surface area (Å²) in [6.45, 7) is -0.412. The summed E-state index contributed by atoms with van der Waals surface area (Å²) in [6, 6.07) is 11.7. The molecule has 6 heteroatoms. The van der Waals surface area contributed by atoms with E-state index in [1.54, 1.807) is 6.07 Å². The van der Waals surface area contributed by atoms with Crippen LogP contribution in [-0.4, -0.2) is 30.1 Å². The molecule has 0 radical (unpaired) electrons. The van der Waals surface area contributed by atoms with Gasteiger partial charge in [-0.1, -0.05) is 30.3 Å². The van der Waals surface area contributed by atoms with Gasteiger partial charge in [-0.15, -0.1) is 0 Å². The second kappa shape index (κ2) is 7.25. The number of amides is 2. The van der Waals surface area contributed by atoms with Crippen molar-refractivity contribution >= 4 is 11.8 Å². The second-order valence-electron chi connectivity index (χ2n) is 4.37. The van der Waals surface area contributed by atoms with Crippen LogP contribution >= 0.6 is 0 Å². The van der Waals surface area contributed by atoms with Gasteiger partial charge in [0.2, 0.25) is 5.91 Å². The Morgan fingerprint density at radius 3 is 2.52 bits per heavy atom. The molecule has 0 fully saturated rings. The minimum Gasteiger partial charge on any atom is -0.459 e. The van der Waals surface area contributed by atoms with Gasteiger partial charge in [0, 0.05) is 0 Å². The van der Waals surface area contributed by atoms with Gasteiger partial charge in [-0.05, 0) is 17.7 Å². The molecule has 0 saturated carbocycles. The Hall–Kier alpha value is -2.60. The maximum Gasteiger partial charge on any atom is 0.287 e. The highest BCUT2D eigenvalue weighted by Gasteiger charge is 2.15. The first kappa shape index (κ1) is 14.8. The minimum absolute atomic E-state index is 0.143. The van der Waals surface area contributed by atoms with Crippen molar-refractivity contribution in [3.05, 3.63) is 60.1 Å². The normalized spacial score (nSPS) is 11.7. The average molecular weight is 288 g/mol. The zero-order valence-corrected chi connectivity index (χ0v) is 11.3. The van der Waals surface area contributed by atoms with Gasteiger partial charge in [0.1, 0.15) is 0 Å². The van der Waals surface area contributed by atoms with Crippen LogP contribution < -0.4 is 10.6 Å². The van der Waals surface area contributed by atoms with E-state index in [0.29, 0.717) is 0 Å².